The molecule has 0 N–H and O–H groups in total. The number of aliphatic imine (C=N–C) groups is 1. The Kier molecular flexibility index (Phi) is 3.19. The second-order valence-corrected chi connectivity index (χ2v) is 6.58. The third kappa shape index (κ3) is 2.44. The zero-order valence-electron chi connectivity index (χ0n) is 12.0. The number of pyridine rings is 1. The first-order valence-corrected chi connectivity index (χ1v) is 8.27. The summed E-state index contributed by atoms with van der Waals surface area (Å²) in [6, 6.07) is 15.3. The van der Waals surface area contributed by atoms with Crippen LogP contribution in [0, 0.1) is 6.92 Å². The molecule has 0 radical (unpaired) electrons. The van der Waals surface area contributed by atoms with Gasteiger partial charge >= 0.3 is 0 Å². The zero-order valence-corrected chi connectivity index (χ0v) is 12.8. The number of thioether (sulfide) groups is 1. The molecular formula is C17H17N3S. The number of hydrogen-bond donors (Lipinski definition) is 0. The predicted octanol–water partition coefficient (Wildman–Crippen LogP) is 3.55. The van der Waals surface area contributed by atoms with E-state index >= 15 is 0 Å². The molecule has 1 saturated heterocycles. The molecule has 106 valence electrons. The molecule has 0 aliphatic carbocycles. The monoisotopic (exact) mass is 295 g/mol. The lowest BCUT2D eigenvalue weighted by molar-refractivity contribution is 0.320. The number of rotatable bonds is 1. The van der Waals surface area contributed by atoms with Crippen LogP contribution in [0.4, 0.5) is 5.82 Å². The van der Waals surface area contributed by atoms with Gasteiger partial charge in [-0.3, -0.25) is 0 Å². The summed E-state index contributed by atoms with van der Waals surface area (Å²) in [5.41, 5.74) is 3.94. The Bertz CT molecular complexity index is 711. The Hall–Kier alpha value is -1.81. The first-order chi connectivity index (χ1) is 10.3. The fourth-order valence-corrected chi connectivity index (χ4v) is 4.18. The highest BCUT2D eigenvalue weighted by Crippen LogP contribution is 2.34. The van der Waals surface area contributed by atoms with Crippen molar-refractivity contribution in [3.63, 3.8) is 0 Å². The number of nitrogens with zero attached hydrogens (tertiary/aromatic N) is 3. The summed E-state index contributed by atoms with van der Waals surface area (Å²) in [4.78, 5) is 11.7. The lowest BCUT2D eigenvalue weighted by atomic mass is 9.95. The van der Waals surface area contributed by atoms with E-state index in [1.807, 2.05) is 36.9 Å². The molecule has 0 saturated carbocycles. The van der Waals surface area contributed by atoms with Gasteiger partial charge in [0.1, 0.15) is 0 Å². The highest BCUT2D eigenvalue weighted by atomic mass is 32.2. The SMILES string of the molecule is Cc1cccc(N=C2SC[C@@H]3Cc4ccccc4CN23)n1. The molecule has 1 fully saturated rings. The normalized spacial score (nSPS) is 22.2. The smallest absolute Gasteiger partial charge is 0.166 e. The van der Waals surface area contributed by atoms with Crippen LogP contribution in [0.2, 0.25) is 0 Å². The van der Waals surface area contributed by atoms with Crippen molar-refractivity contribution in [1.29, 1.82) is 0 Å². The molecule has 3 nitrogen and oxygen atoms in total. The largest absolute Gasteiger partial charge is 0.343 e. The number of aromatic nitrogens is 1. The molecule has 21 heavy (non-hydrogen) atoms. The summed E-state index contributed by atoms with van der Waals surface area (Å²) in [6.07, 6.45) is 1.13. The van der Waals surface area contributed by atoms with E-state index in [1.54, 1.807) is 0 Å². The standard InChI is InChI=1S/C17H17N3S/c1-12-5-4-8-16(18-12)19-17-20-10-14-7-3-2-6-13(14)9-15(20)11-21-17/h2-8,15H,9-11H2,1H3/t15-/m0/s1. The molecule has 2 aliphatic rings. The molecule has 1 aromatic carbocycles. The highest BCUT2D eigenvalue weighted by Gasteiger charge is 2.34. The quantitative estimate of drug-likeness (QED) is 0.805. The number of benzene rings is 1. The van der Waals surface area contributed by atoms with Gasteiger partial charge in [-0.15, -0.1) is 0 Å². The third-order valence-electron chi connectivity index (χ3n) is 4.09. The first kappa shape index (κ1) is 12.9. The molecule has 4 heteroatoms. The topological polar surface area (TPSA) is 28.5 Å². The number of aryl methyl sites for hydroxylation is 1. The lowest BCUT2D eigenvalue weighted by Gasteiger charge is -2.32. The molecule has 0 spiro atoms. The molecule has 3 heterocycles. The summed E-state index contributed by atoms with van der Waals surface area (Å²) in [5, 5.41) is 1.12. The fraction of sp³-hybridized carbons (Fsp3) is 0.294. The molecule has 0 bridgehead atoms. The van der Waals surface area contributed by atoms with E-state index in [1.165, 1.54) is 11.1 Å². The van der Waals surface area contributed by atoms with E-state index in [0.29, 0.717) is 6.04 Å². The number of hydrogen-bond acceptors (Lipinski definition) is 3. The molecule has 0 amide bonds. The maximum atomic E-state index is 4.77. The fourth-order valence-electron chi connectivity index (χ4n) is 3.00. The van der Waals surface area contributed by atoms with Crippen molar-refractivity contribution in [2.45, 2.75) is 25.9 Å². The van der Waals surface area contributed by atoms with E-state index in [4.69, 9.17) is 4.99 Å². The van der Waals surface area contributed by atoms with Gasteiger partial charge in [-0.1, -0.05) is 42.1 Å². The minimum Gasteiger partial charge on any atom is -0.343 e. The Balaban J connectivity index is 1.65. The summed E-state index contributed by atoms with van der Waals surface area (Å²) in [5.74, 6) is 1.94. The molecule has 2 aromatic rings. The third-order valence-corrected chi connectivity index (χ3v) is 5.23. The van der Waals surface area contributed by atoms with Crippen molar-refractivity contribution in [2.24, 2.45) is 4.99 Å². The Morgan fingerprint density at radius 1 is 1.14 bits per heavy atom. The Morgan fingerprint density at radius 3 is 2.86 bits per heavy atom. The van der Waals surface area contributed by atoms with Crippen molar-refractivity contribution < 1.29 is 0 Å². The van der Waals surface area contributed by atoms with Gasteiger partial charge in [-0.25, -0.2) is 9.98 Å². The van der Waals surface area contributed by atoms with Gasteiger partial charge in [0.25, 0.3) is 0 Å². The van der Waals surface area contributed by atoms with Crippen LogP contribution in [-0.2, 0) is 13.0 Å². The van der Waals surface area contributed by atoms with Crippen molar-refractivity contribution in [1.82, 2.24) is 9.88 Å². The average Bonchev–Trinajstić information content (AvgIpc) is 2.87. The molecule has 2 aliphatic heterocycles. The van der Waals surface area contributed by atoms with Gasteiger partial charge in [0.05, 0.1) is 0 Å². The number of fused-ring (bicyclic) bond motifs is 2. The average molecular weight is 295 g/mol. The minimum absolute atomic E-state index is 0.577. The molecule has 0 unspecified atom stereocenters. The summed E-state index contributed by atoms with van der Waals surface area (Å²) in [7, 11) is 0. The van der Waals surface area contributed by atoms with Crippen LogP contribution < -0.4 is 0 Å². The van der Waals surface area contributed by atoms with E-state index in [2.05, 4.69) is 34.1 Å². The van der Waals surface area contributed by atoms with Crippen molar-refractivity contribution in [3.05, 3.63) is 59.3 Å². The summed E-state index contributed by atoms with van der Waals surface area (Å²) < 4.78 is 0. The van der Waals surface area contributed by atoms with Gasteiger partial charge in [0.15, 0.2) is 11.0 Å². The van der Waals surface area contributed by atoms with Crippen molar-refractivity contribution in [3.8, 4) is 0 Å². The number of amidine groups is 1. The van der Waals surface area contributed by atoms with Crippen LogP contribution in [0.1, 0.15) is 16.8 Å². The summed E-state index contributed by atoms with van der Waals surface area (Å²) in [6.45, 7) is 2.98. The highest BCUT2D eigenvalue weighted by molar-refractivity contribution is 8.14. The summed E-state index contributed by atoms with van der Waals surface area (Å²) >= 11 is 1.85. The van der Waals surface area contributed by atoms with Gasteiger partial charge < -0.3 is 4.90 Å². The van der Waals surface area contributed by atoms with Gasteiger partial charge in [-0.05, 0) is 36.6 Å². The Morgan fingerprint density at radius 2 is 2.00 bits per heavy atom. The van der Waals surface area contributed by atoms with Crippen LogP contribution in [0.3, 0.4) is 0 Å². The molecule has 1 atom stereocenters. The van der Waals surface area contributed by atoms with Gasteiger partial charge in [0.2, 0.25) is 0 Å². The zero-order chi connectivity index (χ0) is 14.2. The maximum absolute atomic E-state index is 4.77. The van der Waals surface area contributed by atoms with E-state index < -0.39 is 0 Å². The lowest BCUT2D eigenvalue weighted by Crippen LogP contribution is -2.38. The van der Waals surface area contributed by atoms with Gasteiger partial charge in [-0.2, -0.15) is 0 Å². The van der Waals surface area contributed by atoms with Crippen molar-refractivity contribution in [2.75, 3.05) is 5.75 Å². The van der Waals surface area contributed by atoms with Crippen LogP contribution in [0.15, 0.2) is 47.5 Å². The van der Waals surface area contributed by atoms with Crippen LogP contribution >= 0.6 is 11.8 Å². The predicted molar refractivity (Wildman–Crippen MR) is 88.0 cm³/mol. The second kappa shape index (κ2) is 5.19. The van der Waals surface area contributed by atoms with Crippen LogP contribution in [0.5, 0.6) is 0 Å². The van der Waals surface area contributed by atoms with E-state index in [0.717, 1.165) is 35.4 Å². The van der Waals surface area contributed by atoms with E-state index in [-0.39, 0.29) is 0 Å². The maximum Gasteiger partial charge on any atom is 0.166 e. The minimum atomic E-state index is 0.577. The first-order valence-electron chi connectivity index (χ1n) is 7.28. The van der Waals surface area contributed by atoms with Gasteiger partial charge in [0, 0.05) is 24.0 Å². The Labute approximate surface area is 129 Å². The van der Waals surface area contributed by atoms with Crippen LogP contribution in [0.25, 0.3) is 0 Å². The van der Waals surface area contributed by atoms with E-state index in [9.17, 15) is 0 Å². The van der Waals surface area contributed by atoms with Crippen LogP contribution in [-0.4, -0.2) is 26.8 Å². The molecule has 1 aromatic heterocycles. The molecular weight excluding hydrogens is 278 g/mol. The second-order valence-electron chi connectivity index (χ2n) is 5.60. The van der Waals surface area contributed by atoms with Crippen molar-refractivity contribution >= 4 is 22.7 Å². The molecule has 4 rings (SSSR count).